The monoisotopic (exact) mass is 430 g/mol. The molecular weight excluding hydrogens is 409 g/mol. The van der Waals surface area contributed by atoms with Crippen LogP contribution in [-0.4, -0.2) is 12.6 Å². The fraction of sp³-hybridized carbons (Fsp3) is 0.208. The summed E-state index contributed by atoms with van der Waals surface area (Å²) in [6.45, 7) is 6.44. The molecule has 0 spiro atoms. The third-order valence-electron chi connectivity index (χ3n) is 4.51. The molecular formula is C24H21F3O2S. The number of hydrogen-bond donors (Lipinski definition) is 0. The molecule has 0 fully saturated rings. The van der Waals surface area contributed by atoms with Gasteiger partial charge < -0.3 is 4.74 Å². The van der Waals surface area contributed by atoms with Crippen LogP contribution in [0.5, 0.6) is 5.75 Å². The molecule has 0 unspecified atom stereocenters. The predicted octanol–water partition coefficient (Wildman–Crippen LogP) is 7.51. The molecule has 3 rings (SSSR count). The van der Waals surface area contributed by atoms with Crippen LogP contribution in [0.15, 0.2) is 76.5 Å². The number of hydrogen-bond acceptors (Lipinski definition) is 3. The molecule has 3 aromatic carbocycles. The zero-order valence-corrected chi connectivity index (χ0v) is 17.6. The summed E-state index contributed by atoms with van der Waals surface area (Å²) < 4.78 is 40.9. The van der Waals surface area contributed by atoms with Gasteiger partial charge in [0.1, 0.15) is 5.75 Å². The Balaban J connectivity index is 1.86. The minimum Gasteiger partial charge on any atom is -0.406 e. The smallest absolute Gasteiger partial charge is 0.406 e. The van der Waals surface area contributed by atoms with Gasteiger partial charge in [0.15, 0.2) is 6.29 Å². The van der Waals surface area contributed by atoms with Crippen molar-refractivity contribution in [3.8, 4) is 16.9 Å². The summed E-state index contributed by atoms with van der Waals surface area (Å²) in [5.74, 6) is -0.274. The Kier molecular flexibility index (Phi) is 6.27. The number of halogens is 3. The summed E-state index contributed by atoms with van der Waals surface area (Å²) in [6, 6.07) is 19.2. The third kappa shape index (κ3) is 5.66. The first-order chi connectivity index (χ1) is 14.0. The predicted molar refractivity (Wildman–Crippen MR) is 113 cm³/mol. The van der Waals surface area contributed by atoms with Crippen LogP contribution in [0.2, 0.25) is 0 Å². The molecule has 0 saturated heterocycles. The van der Waals surface area contributed by atoms with Gasteiger partial charge in [-0.05, 0) is 58.5 Å². The molecule has 0 aliphatic rings. The molecule has 6 heteroatoms. The SMILES string of the molecule is CC(C)(C)c1ccc(Sc2cc(-c3ccc(OC(F)(F)F)cc3)ccc2C=O)cc1. The lowest BCUT2D eigenvalue weighted by Gasteiger charge is -2.19. The van der Waals surface area contributed by atoms with Gasteiger partial charge in [-0.15, -0.1) is 13.2 Å². The van der Waals surface area contributed by atoms with Crippen molar-refractivity contribution in [1.29, 1.82) is 0 Å². The molecule has 0 saturated carbocycles. The molecule has 0 atom stereocenters. The number of rotatable bonds is 5. The highest BCUT2D eigenvalue weighted by Crippen LogP contribution is 2.35. The average Bonchev–Trinajstić information content (AvgIpc) is 2.67. The highest BCUT2D eigenvalue weighted by molar-refractivity contribution is 7.99. The Morgan fingerprint density at radius 2 is 1.43 bits per heavy atom. The van der Waals surface area contributed by atoms with E-state index in [4.69, 9.17) is 0 Å². The fourth-order valence-electron chi connectivity index (χ4n) is 2.90. The number of benzene rings is 3. The van der Waals surface area contributed by atoms with Gasteiger partial charge in [-0.25, -0.2) is 0 Å². The van der Waals surface area contributed by atoms with E-state index in [2.05, 4.69) is 37.6 Å². The Hall–Kier alpha value is -2.73. The van der Waals surface area contributed by atoms with Gasteiger partial charge in [0.05, 0.1) is 0 Å². The van der Waals surface area contributed by atoms with Gasteiger partial charge in [-0.1, -0.05) is 62.9 Å². The third-order valence-corrected chi connectivity index (χ3v) is 5.59. The van der Waals surface area contributed by atoms with Crippen LogP contribution in [0, 0.1) is 0 Å². The summed E-state index contributed by atoms with van der Waals surface area (Å²) in [7, 11) is 0. The van der Waals surface area contributed by atoms with Crippen LogP contribution < -0.4 is 4.74 Å². The van der Waals surface area contributed by atoms with E-state index in [1.54, 1.807) is 24.3 Å². The summed E-state index contributed by atoms with van der Waals surface area (Å²) in [5.41, 5.74) is 3.36. The lowest BCUT2D eigenvalue weighted by atomic mass is 9.87. The minimum absolute atomic E-state index is 0.0546. The summed E-state index contributed by atoms with van der Waals surface area (Å²) in [4.78, 5) is 13.3. The van der Waals surface area contributed by atoms with Crippen LogP contribution in [0.4, 0.5) is 13.2 Å². The highest BCUT2D eigenvalue weighted by Gasteiger charge is 2.31. The van der Waals surface area contributed by atoms with Crippen LogP contribution in [0.1, 0.15) is 36.7 Å². The molecule has 0 heterocycles. The first-order valence-corrected chi connectivity index (χ1v) is 10.1. The second kappa shape index (κ2) is 8.56. The second-order valence-electron chi connectivity index (χ2n) is 7.82. The normalized spacial score (nSPS) is 11.9. The van der Waals surface area contributed by atoms with E-state index in [0.29, 0.717) is 5.56 Å². The van der Waals surface area contributed by atoms with Gasteiger partial charge in [-0.2, -0.15) is 0 Å². The summed E-state index contributed by atoms with van der Waals surface area (Å²) in [5, 5.41) is 0. The van der Waals surface area contributed by atoms with Crippen molar-refractivity contribution < 1.29 is 22.7 Å². The Labute approximate surface area is 178 Å². The van der Waals surface area contributed by atoms with E-state index in [1.165, 1.54) is 29.5 Å². The van der Waals surface area contributed by atoms with Crippen molar-refractivity contribution >= 4 is 18.0 Å². The van der Waals surface area contributed by atoms with Gasteiger partial charge >= 0.3 is 6.36 Å². The van der Waals surface area contributed by atoms with Crippen molar-refractivity contribution in [2.24, 2.45) is 0 Å². The van der Waals surface area contributed by atoms with Crippen LogP contribution >= 0.6 is 11.8 Å². The maximum Gasteiger partial charge on any atom is 0.573 e. The average molecular weight is 430 g/mol. The summed E-state index contributed by atoms with van der Waals surface area (Å²) in [6.07, 6.45) is -3.92. The Morgan fingerprint density at radius 1 is 0.833 bits per heavy atom. The van der Waals surface area contributed by atoms with Crippen LogP contribution in [0.25, 0.3) is 11.1 Å². The molecule has 0 bridgehead atoms. The number of carbonyl (C=O) groups excluding carboxylic acids is 1. The lowest BCUT2D eigenvalue weighted by Crippen LogP contribution is -2.16. The van der Waals surface area contributed by atoms with Crippen molar-refractivity contribution in [1.82, 2.24) is 0 Å². The van der Waals surface area contributed by atoms with Crippen molar-refractivity contribution in [2.45, 2.75) is 42.3 Å². The highest BCUT2D eigenvalue weighted by atomic mass is 32.2. The molecule has 0 aliphatic carbocycles. The molecule has 0 radical (unpaired) electrons. The number of alkyl halides is 3. The Bertz CT molecular complexity index is 1020. The second-order valence-corrected chi connectivity index (χ2v) is 8.93. The van der Waals surface area contributed by atoms with Gasteiger partial charge in [0, 0.05) is 15.4 Å². The first-order valence-electron chi connectivity index (χ1n) is 9.29. The molecule has 0 amide bonds. The number of ether oxygens (including phenoxy) is 1. The molecule has 0 aromatic heterocycles. The lowest BCUT2D eigenvalue weighted by molar-refractivity contribution is -0.274. The fourth-order valence-corrected chi connectivity index (χ4v) is 3.84. The zero-order valence-electron chi connectivity index (χ0n) is 16.8. The van der Waals surface area contributed by atoms with Crippen molar-refractivity contribution in [3.63, 3.8) is 0 Å². The largest absolute Gasteiger partial charge is 0.573 e. The topological polar surface area (TPSA) is 26.3 Å². The number of carbonyl (C=O) groups is 1. The van der Waals surface area contributed by atoms with E-state index >= 15 is 0 Å². The molecule has 3 aromatic rings. The van der Waals surface area contributed by atoms with Crippen LogP contribution in [0.3, 0.4) is 0 Å². The molecule has 156 valence electrons. The molecule has 0 aliphatic heterocycles. The number of aldehydes is 1. The standard InChI is InChI=1S/C24H21F3O2S/c1-23(2,3)19-8-12-21(13-9-19)30-22-14-17(4-5-18(22)15-28)16-6-10-20(11-7-16)29-24(25,26)27/h4-15H,1-3H3. The zero-order chi connectivity index (χ0) is 21.9. The van der Waals surface area contributed by atoms with E-state index in [-0.39, 0.29) is 11.2 Å². The quantitative estimate of drug-likeness (QED) is 0.392. The maximum atomic E-state index is 12.3. The van der Waals surface area contributed by atoms with Crippen LogP contribution in [-0.2, 0) is 5.41 Å². The van der Waals surface area contributed by atoms with Gasteiger partial charge in [0.25, 0.3) is 0 Å². The molecule has 2 nitrogen and oxygen atoms in total. The first kappa shape index (κ1) is 22.0. The van der Waals surface area contributed by atoms with Crippen molar-refractivity contribution in [3.05, 3.63) is 77.9 Å². The maximum absolute atomic E-state index is 12.3. The van der Waals surface area contributed by atoms with E-state index < -0.39 is 6.36 Å². The van der Waals surface area contributed by atoms with Crippen molar-refractivity contribution in [2.75, 3.05) is 0 Å². The van der Waals surface area contributed by atoms with Gasteiger partial charge in [0.2, 0.25) is 0 Å². The van der Waals surface area contributed by atoms with E-state index in [1.807, 2.05) is 18.2 Å². The molecule has 0 N–H and O–H groups in total. The van der Waals surface area contributed by atoms with E-state index in [0.717, 1.165) is 27.2 Å². The Morgan fingerprint density at radius 3 is 1.97 bits per heavy atom. The molecule has 30 heavy (non-hydrogen) atoms. The minimum atomic E-state index is -4.72. The van der Waals surface area contributed by atoms with E-state index in [9.17, 15) is 18.0 Å². The van der Waals surface area contributed by atoms with Gasteiger partial charge in [-0.3, -0.25) is 4.79 Å². The summed E-state index contributed by atoms with van der Waals surface area (Å²) >= 11 is 1.47.